The number of carbonyl (C=O) groups is 2. The summed E-state index contributed by atoms with van der Waals surface area (Å²) < 4.78 is 0. The fourth-order valence-electron chi connectivity index (χ4n) is 2.54. The van der Waals surface area contributed by atoms with Gasteiger partial charge in [0.2, 0.25) is 5.91 Å². The van der Waals surface area contributed by atoms with Crippen molar-refractivity contribution in [3.8, 4) is 0 Å². The Balaban J connectivity index is 2.02. The van der Waals surface area contributed by atoms with Gasteiger partial charge in [-0.25, -0.2) is 4.79 Å². The van der Waals surface area contributed by atoms with Crippen molar-refractivity contribution in [3.05, 3.63) is 29.3 Å². The van der Waals surface area contributed by atoms with Crippen LogP contribution in [-0.2, 0) is 4.79 Å². The molecule has 2 rings (SSSR count). The van der Waals surface area contributed by atoms with E-state index in [2.05, 4.69) is 5.32 Å². The van der Waals surface area contributed by atoms with Crippen LogP contribution in [-0.4, -0.2) is 29.9 Å². The Morgan fingerprint density at radius 1 is 1.35 bits per heavy atom. The second kappa shape index (κ2) is 5.94. The summed E-state index contributed by atoms with van der Waals surface area (Å²) in [7, 11) is 0. The van der Waals surface area contributed by atoms with E-state index in [1.165, 1.54) is 0 Å². The predicted molar refractivity (Wildman–Crippen MR) is 78.4 cm³/mol. The van der Waals surface area contributed by atoms with Gasteiger partial charge in [0, 0.05) is 18.8 Å². The maximum atomic E-state index is 12.2. The molecule has 0 spiro atoms. The van der Waals surface area contributed by atoms with Crippen molar-refractivity contribution in [2.75, 3.05) is 18.4 Å². The molecular formula is C15H21N3O2. The number of nitrogens with zero attached hydrogens (tertiary/aromatic N) is 1. The van der Waals surface area contributed by atoms with Crippen molar-refractivity contribution in [2.24, 2.45) is 11.7 Å². The lowest BCUT2D eigenvalue weighted by atomic mass is 9.98. The van der Waals surface area contributed by atoms with Crippen molar-refractivity contribution in [2.45, 2.75) is 26.7 Å². The molecule has 0 aliphatic carbocycles. The minimum absolute atomic E-state index is 0.164. The number of piperidine rings is 1. The molecule has 5 heteroatoms. The number of hydrogen-bond acceptors (Lipinski definition) is 2. The monoisotopic (exact) mass is 275 g/mol. The molecule has 1 aliphatic rings. The number of hydrogen-bond donors (Lipinski definition) is 2. The molecule has 0 radical (unpaired) electrons. The van der Waals surface area contributed by atoms with Crippen LogP contribution in [0, 0.1) is 19.8 Å². The largest absolute Gasteiger partial charge is 0.369 e. The number of carbonyl (C=O) groups excluding carboxylic acids is 2. The molecule has 1 atom stereocenters. The van der Waals surface area contributed by atoms with Gasteiger partial charge in [-0.15, -0.1) is 0 Å². The lowest BCUT2D eigenvalue weighted by Gasteiger charge is -2.31. The summed E-state index contributed by atoms with van der Waals surface area (Å²) in [5.74, 6) is -0.553. The number of benzene rings is 1. The molecule has 1 fully saturated rings. The molecule has 3 N–H and O–H groups in total. The number of urea groups is 1. The number of nitrogens with one attached hydrogen (secondary N) is 1. The summed E-state index contributed by atoms with van der Waals surface area (Å²) in [6.45, 7) is 5.05. The molecule has 5 nitrogen and oxygen atoms in total. The topological polar surface area (TPSA) is 75.4 Å². The normalized spacial score (nSPS) is 18.7. The number of anilines is 1. The summed E-state index contributed by atoms with van der Waals surface area (Å²) in [5, 5.41) is 2.90. The fraction of sp³-hybridized carbons (Fsp3) is 0.467. The van der Waals surface area contributed by atoms with E-state index < -0.39 is 0 Å². The zero-order valence-electron chi connectivity index (χ0n) is 12.0. The molecule has 1 aromatic carbocycles. The standard InChI is InChI=1S/C15H21N3O2/c1-10-5-6-13(11(2)8-10)17-15(20)18-7-3-4-12(9-18)14(16)19/h5-6,8,12H,3-4,7,9H2,1-2H3,(H2,16,19)(H,17,20). The highest BCUT2D eigenvalue weighted by atomic mass is 16.2. The smallest absolute Gasteiger partial charge is 0.321 e. The molecule has 108 valence electrons. The van der Waals surface area contributed by atoms with E-state index in [9.17, 15) is 9.59 Å². The van der Waals surface area contributed by atoms with Crippen LogP contribution in [0.5, 0.6) is 0 Å². The van der Waals surface area contributed by atoms with Gasteiger partial charge in [-0.3, -0.25) is 4.79 Å². The average Bonchev–Trinajstić information content (AvgIpc) is 2.42. The Kier molecular flexibility index (Phi) is 4.27. The van der Waals surface area contributed by atoms with E-state index in [1.807, 2.05) is 32.0 Å². The van der Waals surface area contributed by atoms with Gasteiger partial charge in [0.15, 0.2) is 0 Å². The predicted octanol–water partition coefficient (Wildman–Crippen LogP) is 2.03. The second-order valence-electron chi connectivity index (χ2n) is 5.44. The number of primary amides is 1. The quantitative estimate of drug-likeness (QED) is 0.866. The fourth-order valence-corrected chi connectivity index (χ4v) is 2.54. The van der Waals surface area contributed by atoms with Gasteiger partial charge in [-0.2, -0.15) is 0 Å². The van der Waals surface area contributed by atoms with E-state index in [0.29, 0.717) is 13.1 Å². The Bertz CT molecular complexity index is 528. The molecule has 1 aliphatic heterocycles. The molecule has 1 saturated heterocycles. The maximum Gasteiger partial charge on any atom is 0.321 e. The van der Waals surface area contributed by atoms with Crippen LogP contribution in [0.2, 0.25) is 0 Å². The van der Waals surface area contributed by atoms with Gasteiger partial charge in [0.1, 0.15) is 0 Å². The summed E-state index contributed by atoms with van der Waals surface area (Å²) in [6.07, 6.45) is 1.58. The van der Waals surface area contributed by atoms with Gasteiger partial charge in [-0.05, 0) is 38.3 Å². The molecule has 0 bridgehead atoms. The first-order valence-corrected chi connectivity index (χ1v) is 6.90. The molecular weight excluding hydrogens is 254 g/mol. The third kappa shape index (κ3) is 3.29. The van der Waals surface area contributed by atoms with Crippen LogP contribution in [0.4, 0.5) is 10.5 Å². The minimum atomic E-state index is -0.325. The number of likely N-dealkylation sites (tertiary alicyclic amines) is 1. The molecule has 0 aromatic heterocycles. The van der Waals surface area contributed by atoms with Crippen LogP contribution in [0.1, 0.15) is 24.0 Å². The Morgan fingerprint density at radius 3 is 2.75 bits per heavy atom. The highest BCUT2D eigenvalue weighted by Crippen LogP contribution is 2.19. The SMILES string of the molecule is Cc1ccc(NC(=O)N2CCCC(C(N)=O)C2)c(C)c1. The van der Waals surface area contributed by atoms with Crippen molar-refractivity contribution < 1.29 is 9.59 Å². The zero-order chi connectivity index (χ0) is 14.7. The van der Waals surface area contributed by atoms with Gasteiger partial charge < -0.3 is 16.0 Å². The molecule has 1 unspecified atom stereocenters. The Morgan fingerprint density at radius 2 is 2.10 bits per heavy atom. The van der Waals surface area contributed by atoms with Crippen LogP contribution < -0.4 is 11.1 Å². The van der Waals surface area contributed by atoms with Crippen molar-refractivity contribution in [3.63, 3.8) is 0 Å². The minimum Gasteiger partial charge on any atom is -0.369 e. The maximum absolute atomic E-state index is 12.2. The molecule has 1 heterocycles. The van der Waals surface area contributed by atoms with Crippen LogP contribution in [0.15, 0.2) is 18.2 Å². The van der Waals surface area contributed by atoms with Crippen LogP contribution in [0.3, 0.4) is 0 Å². The third-order valence-corrected chi connectivity index (χ3v) is 3.73. The van der Waals surface area contributed by atoms with Gasteiger partial charge in [-0.1, -0.05) is 17.7 Å². The van der Waals surface area contributed by atoms with Crippen LogP contribution >= 0.6 is 0 Å². The number of rotatable bonds is 2. The number of amides is 3. The Hall–Kier alpha value is -2.04. The average molecular weight is 275 g/mol. The van der Waals surface area contributed by atoms with Gasteiger partial charge in [0.25, 0.3) is 0 Å². The number of nitrogens with two attached hydrogens (primary N) is 1. The van der Waals surface area contributed by atoms with E-state index in [0.717, 1.165) is 29.7 Å². The lowest BCUT2D eigenvalue weighted by molar-refractivity contribution is -0.123. The summed E-state index contributed by atoms with van der Waals surface area (Å²) in [5.41, 5.74) is 8.32. The van der Waals surface area contributed by atoms with Gasteiger partial charge >= 0.3 is 6.03 Å². The van der Waals surface area contributed by atoms with Crippen molar-refractivity contribution in [1.82, 2.24) is 4.90 Å². The lowest BCUT2D eigenvalue weighted by Crippen LogP contribution is -2.45. The van der Waals surface area contributed by atoms with Crippen LogP contribution in [0.25, 0.3) is 0 Å². The summed E-state index contributed by atoms with van der Waals surface area (Å²) >= 11 is 0. The van der Waals surface area contributed by atoms with Crippen molar-refractivity contribution in [1.29, 1.82) is 0 Å². The first-order chi connectivity index (χ1) is 9.47. The molecule has 0 saturated carbocycles. The first-order valence-electron chi connectivity index (χ1n) is 6.90. The highest BCUT2D eigenvalue weighted by molar-refractivity contribution is 5.90. The summed E-state index contributed by atoms with van der Waals surface area (Å²) in [4.78, 5) is 25.1. The van der Waals surface area contributed by atoms with Crippen molar-refractivity contribution >= 4 is 17.6 Å². The zero-order valence-corrected chi connectivity index (χ0v) is 12.0. The molecule has 1 aromatic rings. The summed E-state index contributed by atoms with van der Waals surface area (Å²) in [6, 6.07) is 5.73. The van der Waals surface area contributed by atoms with Gasteiger partial charge in [0.05, 0.1) is 5.92 Å². The Labute approximate surface area is 119 Å². The number of aryl methyl sites for hydroxylation is 2. The third-order valence-electron chi connectivity index (χ3n) is 3.73. The van der Waals surface area contributed by atoms with E-state index >= 15 is 0 Å². The highest BCUT2D eigenvalue weighted by Gasteiger charge is 2.27. The molecule has 20 heavy (non-hydrogen) atoms. The first kappa shape index (κ1) is 14.4. The van der Waals surface area contributed by atoms with E-state index in [-0.39, 0.29) is 17.9 Å². The molecule has 3 amide bonds. The van der Waals surface area contributed by atoms with E-state index in [1.54, 1.807) is 4.90 Å². The van der Waals surface area contributed by atoms with E-state index in [4.69, 9.17) is 5.73 Å². The second-order valence-corrected chi connectivity index (χ2v) is 5.44.